The van der Waals surface area contributed by atoms with Gasteiger partial charge in [0, 0.05) is 18.3 Å². The number of para-hydroxylation sites is 1. The number of hydrogen-bond donors (Lipinski definition) is 3. The monoisotopic (exact) mass is 353 g/mol. The molecule has 0 bridgehead atoms. The highest BCUT2D eigenvalue weighted by Crippen LogP contribution is 2.52. The molecule has 2 aliphatic rings. The molecule has 124 valence electrons. The summed E-state index contributed by atoms with van der Waals surface area (Å²) in [6.07, 6.45) is 0. The van der Waals surface area contributed by atoms with Crippen molar-refractivity contribution in [2.24, 2.45) is 5.73 Å². The molecule has 1 amide bonds. The molecular weight excluding hydrogens is 342 g/mol. The zero-order valence-corrected chi connectivity index (χ0v) is 13.7. The summed E-state index contributed by atoms with van der Waals surface area (Å²) in [6, 6.07) is 8.88. The molecule has 2 aromatic rings. The van der Waals surface area contributed by atoms with E-state index in [1.165, 1.54) is 4.90 Å². The Morgan fingerprint density at radius 1 is 1.32 bits per heavy atom. The Kier molecular flexibility index (Phi) is 2.92. The van der Waals surface area contributed by atoms with Crippen LogP contribution in [0.1, 0.15) is 11.1 Å². The normalized spacial score (nSPS) is 21.0. The van der Waals surface area contributed by atoms with Crippen LogP contribution in [-0.4, -0.2) is 22.9 Å². The number of amides is 1. The van der Waals surface area contributed by atoms with Crippen LogP contribution in [0.2, 0.25) is 0 Å². The highest BCUT2D eigenvalue weighted by atomic mass is 32.1. The molecule has 0 saturated carbocycles. The highest BCUT2D eigenvalue weighted by molar-refractivity contribution is 7.71. The van der Waals surface area contributed by atoms with Crippen molar-refractivity contribution in [2.75, 3.05) is 11.9 Å². The molecule has 9 heteroatoms. The van der Waals surface area contributed by atoms with Crippen molar-refractivity contribution in [1.82, 2.24) is 9.97 Å². The first-order valence-corrected chi connectivity index (χ1v) is 7.66. The number of nitriles is 1. The smallest absolute Gasteiger partial charge is 0.260 e. The maximum absolute atomic E-state index is 13.3. The number of H-pyrrole nitrogens is 2. The molecule has 1 atom stereocenters. The van der Waals surface area contributed by atoms with Gasteiger partial charge in [0.15, 0.2) is 10.2 Å². The molecule has 0 radical (unpaired) electrons. The predicted octanol–water partition coefficient (Wildman–Crippen LogP) is 0.781. The molecule has 8 nitrogen and oxygen atoms in total. The topological polar surface area (TPSA) is 128 Å². The van der Waals surface area contributed by atoms with Crippen molar-refractivity contribution in [3.63, 3.8) is 0 Å². The van der Waals surface area contributed by atoms with Crippen molar-refractivity contribution < 1.29 is 9.53 Å². The van der Waals surface area contributed by atoms with Gasteiger partial charge in [0.25, 0.3) is 5.56 Å². The standard InChI is InChI=1S/C16H11N5O3S/c1-21-9-5-3-2-4-7(9)16(14(21)23)8(6-17)11(18)24-13-10(16)12(22)19-15(25)20-13/h2-5H,18H2,1H3,(H2,19,20,22,25). The molecule has 0 aliphatic carbocycles. The molecule has 1 spiro atoms. The highest BCUT2D eigenvalue weighted by Gasteiger charge is 2.60. The number of nitrogens with two attached hydrogens (primary N) is 1. The first kappa shape index (κ1) is 15.2. The Balaban J connectivity index is 2.26. The molecule has 4 rings (SSSR count). The van der Waals surface area contributed by atoms with Crippen LogP contribution in [0, 0.1) is 16.1 Å². The van der Waals surface area contributed by atoms with Crippen LogP contribution in [0.3, 0.4) is 0 Å². The number of likely N-dealkylation sites (N-methyl/N-ethyl adjacent to an activating group) is 1. The number of carbonyl (C=O) groups excluding carboxylic acids is 1. The minimum absolute atomic E-state index is 0.0270. The summed E-state index contributed by atoms with van der Waals surface area (Å²) in [7, 11) is 1.58. The zero-order chi connectivity index (χ0) is 17.9. The van der Waals surface area contributed by atoms with Crippen LogP contribution >= 0.6 is 12.2 Å². The van der Waals surface area contributed by atoms with Crippen LogP contribution in [0.4, 0.5) is 5.69 Å². The number of carbonyl (C=O) groups is 1. The van der Waals surface area contributed by atoms with E-state index < -0.39 is 16.9 Å². The summed E-state index contributed by atoms with van der Waals surface area (Å²) in [5.41, 5.74) is 4.55. The second kappa shape index (κ2) is 4.81. The maximum atomic E-state index is 13.3. The number of anilines is 1. The fourth-order valence-corrected chi connectivity index (χ4v) is 3.72. The number of ether oxygens (including phenoxy) is 1. The average molecular weight is 353 g/mol. The number of aromatic amines is 2. The van der Waals surface area contributed by atoms with E-state index >= 15 is 0 Å². The van der Waals surface area contributed by atoms with E-state index in [0.29, 0.717) is 11.3 Å². The van der Waals surface area contributed by atoms with E-state index in [1.54, 1.807) is 31.3 Å². The van der Waals surface area contributed by atoms with Crippen molar-refractivity contribution in [1.29, 1.82) is 5.26 Å². The Morgan fingerprint density at radius 3 is 2.76 bits per heavy atom. The largest absolute Gasteiger partial charge is 0.424 e. The van der Waals surface area contributed by atoms with Gasteiger partial charge in [-0.15, -0.1) is 0 Å². The van der Waals surface area contributed by atoms with Gasteiger partial charge in [-0.2, -0.15) is 5.26 Å². The van der Waals surface area contributed by atoms with Crippen molar-refractivity contribution >= 4 is 23.8 Å². The first-order chi connectivity index (χ1) is 11.9. The van der Waals surface area contributed by atoms with E-state index in [-0.39, 0.29) is 27.7 Å². The number of nitrogens with zero attached hydrogens (tertiary/aromatic N) is 2. The Hall–Kier alpha value is -3.38. The van der Waals surface area contributed by atoms with Gasteiger partial charge in [0.05, 0.1) is 0 Å². The average Bonchev–Trinajstić information content (AvgIpc) is 2.78. The lowest BCUT2D eigenvalue weighted by Gasteiger charge is -2.32. The van der Waals surface area contributed by atoms with Crippen LogP contribution in [0.5, 0.6) is 5.88 Å². The van der Waals surface area contributed by atoms with Gasteiger partial charge in [-0.05, 0) is 18.3 Å². The molecule has 0 fully saturated rings. The quantitative estimate of drug-likeness (QED) is 0.601. The number of fused-ring (bicyclic) bond motifs is 4. The minimum Gasteiger partial charge on any atom is -0.424 e. The van der Waals surface area contributed by atoms with E-state index in [9.17, 15) is 14.9 Å². The fourth-order valence-electron chi connectivity index (χ4n) is 3.54. The van der Waals surface area contributed by atoms with Crippen LogP contribution in [-0.2, 0) is 10.2 Å². The van der Waals surface area contributed by atoms with Crippen LogP contribution in [0.15, 0.2) is 40.5 Å². The van der Waals surface area contributed by atoms with Gasteiger partial charge in [-0.1, -0.05) is 18.2 Å². The summed E-state index contributed by atoms with van der Waals surface area (Å²) in [6.45, 7) is 0. The van der Waals surface area contributed by atoms with Crippen LogP contribution in [0.25, 0.3) is 0 Å². The number of rotatable bonds is 0. The molecular formula is C16H11N5O3S. The third-order valence-corrected chi connectivity index (χ3v) is 4.73. The maximum Gasteiger partial charge on any atom is 0.260 e. The van der Waals surface area contributed by atoms with Gasteiger partial charge < -0.3 is 20.4 Å². The fraction of sp³-hybridized carbons (Fsp3) is 0.125. The number of nitrogens with one attached hydrogen (secondary N) is 2. The lowest BCUT2D eigenvalue weighted by molar-refractivity contribution is -0.120. The first-order valence-electron chi connectivity index (χ1n) is 7.25. The van der Waals surface area contributed by atoms with Crippen molar-refractivity contribution in [3.8, 4) is 11.9 Å². The minimum atomic E-state index is -1.68. The Morgan fingerprint density at radius 2 is 2.04 bits per heavy atom. The number of benzene rings is 1. The SMILES string of the molecule is CN1C(=O)C2(C(C#N)=C(N)Oc3[nH]c(=S)[nH]c(=O)c32)c2ccccc21. The van der Waals surface area contributed by atoms with E-state index in [0.717, 1.165) is 0 Å². The summed E-state index contributed by atoms with van der Waals surface area (Å²) in [4.78, 5) is 32.6. The van der Waals surface area contributed by atoms with E-state index in [4.69, 9.17) is 22.7 Å². The van der Waals surface area contributed by atoms with Crippen molar-refractivity contribution in [2.45, 2.75) is 5.41 Å². The second-order valence-electron chi connectivity index (χ2n) is 5.70. The Bertz CT molecular complexity index is 1140. The molecule has 1 unspecified atom stereocenters. The third kappa shape index (κ3) is 1.66. The second-order valence-corrected chi connectivity index (χ2v) is 6.11. The Labute approximate surface area is 146 Å². The predicted molar refractivity (Wildman–Crippen MR) is 90.3 cm³/mol. The van der Waals surface area contributed by atoms with E-state index in [2.05, 4.69) is 9.97 Å². The summed E-state index contributed by atoms with van der Waals surface area (Å²) < 4.78 is 5.43. The third-order valence-electron chi connectivity index (χ3n) is 4.52. The van der Waals surface area contributed by atoms with Gasteiger partial charge in [0.2, 0.25) is 17.7 Å². The van der Waals surface area contributed by atoms with E-state index in [1.807, 2.05) is 6.07 Å². The molecule has 25 heavy (non-hydrogen) atoms. The van der Waals surface area contributed by atoms with Gasteiger partial charge in [-0.3, -0.25) is 14.6 Å². The van der Waals surface area contributed by atoms with Gasteiger partial charge in [-0.25, -0.2) is 0 Å². The summed E-state index contributed by atoms with van der Waals surface area (Å²) in [5.74, 6) is -0.748. The molecule has 4 N–H and O–H groups in total. The molecule has 1 aromatic heterocycles. The molecule has 3 heterocycles. The zero-order valence-electron chi connectivity index (χ0n) is 12.9. The van der Waals surface area contributed by atoms with Gasteiger partial charge in [0.1, 0.15) is 17.2 Å². The molecule has 0 saturated heterocycles. The molecule has 1 aromatic carbocycles. The van der Waals surface area contributed by atoms with Gasteiger partial charge >= 0.3 is 0 Å². The molecule has 2 aliphatic heterocycles. The lowest BCUT2D eigenvalue weighted by atomic mass is 9.70. The lowest BCUT2D eigenvalue weighted by Crippen LogP contribution is -2.48. The van der Waals surface area contributed by atoms with Crippen LogP contribution < -0.4 is 20.9 Å². The number of aromatic nitrogens is 2. The number of hydrogen-bond acceptors (Lipinski definition) is 6. The summed E-state index contributed by atoms with van der Waals surface area (Å²) in [5, 5.41) is 9.71. The van der Waals surface area contributed by atoms with Crippen molar-refractivity contribution in [3.05, 3.63) is 62.0 Å². The summed E-state index contributed by atoms with van der Waals surface area (Å²) >= 11 is 4.97.